The molecule has 1 fully saturated rings. The largest absolute Gasteiger partial charge is 0.493 e. The van der Waals surface area contributed by atoms with Gasteiger partial charge in [-0.25, -0.2) is 5.43 Å². The summed E-state index contributed by atoms with van der Waals surface area (Å²) in [6.45, 7) is 0.466. The predicted octanol–water partition coefficient (Wildman–Crippen LogP) is 2.06. The Bertz CT molecular complexity index is 801. The maximum atomic E-state index is 11.6. The van der Waals surface area contributed by atoms with Gasteiger partial charge in [-0.05, 0) is 48.1 Å². The standard InChI is InChI=1S/C18H19N3O4S/c1-24-16-9-12(4-7-15(16)25-11-14-3-2-8-26-14)10-19-21-18(23)17(22)20-13-5-6-13/h2-4,7-10,13H,5-6,11H2,1H3,(H,20,22)(H,21,23)/b19-10-. The van der Waals surface area contributed by atoms with Gasteiger partial charge in [0.05, 0.1) is 13.3 Å². The minimum Gasteiger partial charge on any atom is -0.493 e. The lowest BCUT2D eigenvalue weighted by atomic mass is 10.2. The van der Waals surface area contributed by atoms with Crippen molar-refractivity contribution in [2.45, 2.75) is 25.5 Å². The smallest absolute Gasteiger partial charge is 0.329 e. The zero-order valence-electron chi connectivity index (χ0n) is 14.2. The first-order valence-corrected chi connectivity index (χ1v) is 9.01. The number of nitrogens with one attached hydrogen (secondary N) is 2. The number of thiophene rings is 1. The molecule has 0 bridgehead atoms. The summed E-state index contributed by atoms with van der Waals surface area (Å²) in [5.74, 6) is -0.273. The molecule has 1 aliphatic carbocycles. The molecular formula is C18H19N3O4S. The lowest BCUT2D eigenvalue weighted by Crippen LogP contribution is -2.38. The van der Waals surface area contributed by atoms with Crippen molar-refractivity contribution in [1.82, 2.24) is 10.7 Å². The molecule has 1 aromatic carbocycles. The summed E-state index contributed by atoms with van der Waals surface area (Å²) in [5.41, 5.74) is 2.91. The zero-order valence-corrected chi connectivity index (χ0v) is 15.0. The van der Waals surface area contributed by atoms with Crippen LogP contribution in [0.25, 0.3) is 0 Å². The van der Waals surface area contributed by atoms with E-state index in [1.807, 2.05) is 17.5 Å². The molecule has 0 radical (unpaired) electrons. The van der Waals surface area contributed by atoms with Crippen LogP contribution in [-0.2, 0) is 16.2 Å². The molecular weight excluding hydrogens is 354 g/mol. The van der Waals surface area contributed by atoms with E-state index >= 15 is 0 Å². The molecule has 0 aliphatic heterocycles. The number of hydrogen-bond donors (Lipinski definition) is 2. The minimum absolute atomic E-state index is 0.128. The Kier molecular flexibility index (Phi) is 5.85. The highest BCUT2D eigenvalue weighted by molar-refractivity contribution is 7.09. The Morgan fingerprint density at radius 3 is 2.81 bits per heavy atom. The highest BCUT2D eigenvalue weighted by Crippen LogP contribution is 2.28. The maximum absolute atomic E-state index is 11.6. The average Bonchev–Trinajstić information content (AvgIpc) is 3.31. The molecule has 1 saturated carbocycles. The molecule has 0 spiro atoms. The summed E-state index contributed by atoms with van der Waals surface area (Å²) >= 11 is 1.62. The summed E-state index contributed by atoms with van der Waals surface area (Å²) in [6.07, 6.45) is 3.28. The Labute approximate surface area is 155 Å². The van der Waals surface area contributed by atoms with Gasteiger partial charge >= 0.3 is 11.8 Å². The number of ether oxygens (including phenoxy) is 2. The molecule has 2 aromatic rings. The van der Waals surface area contributed by atoms with Crippen LogP contribution in [0, 0.1) is 0 Å². The molecule has 2 N–H and O–H groups in total. The summed E-state index contributed by atoms with van der Waals surface area (Å²) in [6, 6.07) is 9.40. The molecule has 0 saturated heterocycles. The monoisotopic (exact) mass is 373 g/mol. The van der Waals surface area contributed by atoms with E-state index in [-0.39, 0.29) is 6.04 Å². The molecule has 26 heavy (non-hydrogen) atoms. The van der Waals surface area contributed by atoms with Gasteiger partial charge in [0.1, 0.15) is 6.61 Å². The average molecular weight is 373 g/mol. The first kappa shape index (κ1) is 17.9. The van der Waals surface area contributed by atoms with Crippen LogP contribution in [0.1, 0.15) is 23.3 Å². The van der Waals surface area contributed by atoms with Crippen molar-refractivity contribution in [3.63, 3.8) is 0 Å². The van der Waals surface area contributed by atoms with Crippen LogP contribution in [0.5, 0.6) is 11.5 Å². The molecule has 1 aromatic heterocycles. The number of hydrazone groups is 1. The minimum atomic E-state index is -0.781. The third-order valence-electron chi connectivity index (χ3n) is 3.64. The van der Waals surface area contributed by atoms with Crippen LogP contribution in [-0.4, -0.2) is 31.2 Å². The van der Waals surface area contributed by atoms with E-state index < -0.39 is 11.8 Å². The molecule has 0 atom stereocenters. The topological polar surface area (TPSA) is 89.0 Å². The Hall–Kier alpha value is -2.87. The maximum Gasteiger partial charge on any atom is 0.329 e. The Balaban J connectivity index is 1.55. The van der Waals surface area contributed by atoms with Crippen molar-refractivity contribution in [1.29, 1.82) is 0 Å². The number of methoxy groups -OCH3 is 1. The lowest BCUT2D eigenvalue weighted by Gasteiger charge is -2.10. The van der Waals surface area contributed by atoms with Crippen LogP contribution in [0.2, 0.25) is 0 Å². The Morgan fingerprint density at radius 2 is 2.12 bits per heavy atom. The number of carbonyl (C=O) groups is 2. The SMILES string of the molecule is COc1cc(/C=N\NC(=O)C(=O)NC2CC2)ccc1OCc1cccs1. The quantitative estimate of drug-likeness (QED) is 0.442. The molecule has 7 nitrogen and oxygen atoms in total. The fourth-order valence-electron chi connectivity index (χ4n) is 2.12. The van der Waals surface area contributed by atoms with Crippen LogP contribution >= 0.6 is 11.3 Å². The summed E-state index contributed by atoms with van der Waals surface area (Å²) < 4.78 is 11.1. The predicted molar refractivity (Wildman–Crippen MR) is 98.5 cm³/mol. The number of carbonyl (C=O) groups excluding carboxylic acids is 2. The Morgan fingerprint density at radius 1 is 1.27 bits per heavy atom. The van der Waals surface area contributed by atoms with Gasteiger partial charge in [0.15, 0.2) is 11.5 Å². The van der Waals surface area contributed by atoms with Crippen molar-refractivity contribution in [3.8, 4) is 11.5 Å². The number of rotatable bonds is 7. The van der Waals surface area contributed by atoms with Gasteiger partial charge in [-0.2, -0.15) is 5.10 Å². The molecule has 1 heterocycles. The summed E-state index contributed by atoms with van der Waals surface area (Å²) in [4.78, 5) is 24.2. The summed E-state index contributed by atoms with van der Waals surface area (Å²) in [5, 5.41) is 8.39. The number of amides is 2. The fourth-order valence-corrected chi connectivity index (χ4v) is 2.74. The first-order chi connectivity index (χ1) is 12.7. The van der Waals surface area contributed by atoms with E-state index in [2.05, 4.69) is 15.8 Å². The van der Waals surface area contributed by atoms with Crippen molar-refractivity contribution in [2.75, 3.05) is 7.11 Å². The zero-order chi connectivity index (χ0) is 18.4. The second-order valence-electron chi connectivity index (χ2n) is 5.73. The highest BCUT2D eigenvalue weighted by Gasteiger charge is 2.26. The third-order valence-corrected chi connectivity index (χ3v) is 4.49. The fraction of sp³-hybridized carbons (Fsp3) is 0.278. The molecule has 136 valence electrons. The van der Waals surface area contributed by atoms with Crippen molar-refractivity contribution in [2.24, 2.45) is 5.10 Å². The second-order valence-corrected chi connectivity index (χ2v) is 6.76. The van der Waals surface area contributed by atoms with Gasteiger partial charge in [0.2, 0.25) is 0 Å². The molecule has 8 heteroatoms. The van der Waals surface area contributed by atoms with Gasteiger partial charge in [0.25, 0.3) is 0 Å². The van der Waals surface area contributed by atoms with Crippen molar-refractivity contribution < 1.29 is 19.1 Å². The number of benzene rings is 1. The van der Waals surface area contributed by atoms with Gasteiger partial charge in [-0.1, -0.05) is 6.07 Å². The van der Waals surface area contributed by atoms with Crippen LogP contribution < -0.4 is 20.2 Å². The van der Waals surface area contributed by atoms with Gasteiger partial charge in [-0.3, -0.25) is 9.59 Å². The molecule has 3 rings (SSSR count). The molecule has 0 unspecified atom stereocenters. The lowest BCUT2D eigenvalue weighted by molar-refractivity contribution is -0.139. The molecule has 2 amide bonds. The van der Waals surface area contributed by atoms with E-state index in [9.17, 15) is 9.59 Å². The van der Waals surface area contributed by atoms with Gasteiger partial charge in [0, 0.05) is 10.9 Å². The van der Waals surface area contributed by atoms with E-state index in [0.29, 0.717) is 23.7 Å². The molecule has 1 aliphatic rings. The van der Waals surface area contributed by atoms with Crippen LogP contribution in [0.15, 0.2) is 40.8 Å². The van der Waals surface area contributed by atoms with E-state index in [4.69, 9.17) is 9.47 Å². The van der Waals surface area contributed by atoms with Gasteiger partial charge in [-0.15, -0.1) is 11.3 Å². The van der Waals surface area contributed by atoms with Gasteiger partial charge < -0.3 is 14.8 Å². The first-order valence-electron chi connectivity index (χ1n) is 8.13. The van der Waals surface area contributed by atoms with Crippen molar-refractivity contribution >= 4 is 29.4 Å². The number of hydrogen-bond acceptors (Lipinski definition) is 6. The third kappa shape index (κ3) is 5.06. The number of nitrogens with zero attached hydrogens (tertiary/aromatic N) is 1. The van der Waals surface area contributed by atoms with Crippen molar-refractivity contribution in [3.05, 3.63) is 46.2 Å². The summed E-state index contributed by atoms with van der Waals surface area (Å²) in [7, 11) is 1.55. The highest BCUT2D eigenvalue weighted by atomic mass is 32.1. The van der Waals surface area contributed by atoms with E-state index in [1.54, 1.807) is 36.6 Å². The van der Waals surface area contributed by atoms with E-state index in [0.717, 1.165) is 17.7 Å². The van der Waals surface area contributed by atoms with E-state index in [1.165, 1.54) is 6.21 Å². The van der Waals surface area contributed by atoms with Crippen LogP contribution in [0.3, 0.4) is 0 Å². The van der Waals surface area contributed by atoms with Crippen LogP contribution in [0.4, 0.5) is 0 Å². The normalized spacial score (nSPS) is 13.4. The second kappa shape index (κ2) is 8.48.